The first kappa shape index (κ1) is 13.1. The summed E-state index contributed by atoms with van der Waals surface area (Å²) in [5, 5.41) is 0. The lowest BCUT2D eigenvalue weighted by atomic mass is 10.5. The maximum absolute atomic E-state index is 5.50. The number of hydrogen-bond acceptors (Lipinski definition) is 4. The van der Waals surface area contributed by atoms with Gasteiger partial charge >= 0.3 is 8.56 Å². The van der Waals surface area contributed by atoms with Crippen molar-refractivity contribution in [3.05, 3.63) is 0 Å². The van der Waals surface area contributed by atoms with Gasteiger partial charge in [-0.1, -0.05) is 0 Å². The summed E-state index contributed by atoms with van der Waals surface area (Å²) < 4.78 is 11.0. The van der Waals surface area contributed by atoms with Crippen molar-refractivity contribution in [3.63, 3.8) is 0 Å². The largest absolute Gasteiger partial charge is 0.398 e. The van der Waals surface area contributed by atoms with Crippen LogP contribution in [0.1, 0.15) is 12.8 Å². The van der Waals surface area contributed by atoms with Crippen LogP contribution in [-0.4, -0.2) is 35.9 Å². The van der Waals surface area contributed by atoms with E-state index in [2.05, 4.69) is 0 Å². The van der Waals surface area contributed by atoms with Gasteiger partial charge in [0.2, 0.25) is 0 Å². The Labute approximate surface area is 81.8 Å². The van der Waals surface area contributed by atoms with E-state index in [0.29, 0.717) is 13.1 Å². The van der Waals surface area contributed by atoms with Crippen LogP contribution < -0.4 is 11.5 Å². The molecule has 5 heteroatoms. The van der Waals surface area contributed by atoms with E-state index in [1.807, 2.05) is 0 Å². The smallest absolute Gasteiger partial charge is 0.337 e. The lowest BCUT2D eigenvalue weighted by Crippen LogP contribution is -2.40. The summed E-state index contributed by atoms with van der Waals surface area (Å²) in [5.74, 6) is 0. The predicted octanol–water partition coefficient (Wildman–Crippen LogP) is 0.419. The van der Waals surface area contributed by atoms with E-state index >= 15 is 0 Å². The molecular formula is C8H22N2O2Si. The second kappa shape index (κ2) is 7.46. The molecule has 4 nitrogen and oxygen atoms in total. The second-order valence-corrected chi connectivity index (χ2v) is 6.74. The molecular weight excluding hydrogens is 184 g/mol. The maximum atomic E-state index is 5.50. The van der Waals surface area contributed by atoms with Crippen molar-refractivity contribution in [1.29, 1.82) is 0 Å². The molecule has 0 aliphatic heterocycles. The van der Waals surface area contributed by atoms with Gasteiger partial charge in [-0.05, 0) is 38.0 Å². The lowest BCUT2D eigenvalue weighted by molar-refractivity contribution is 0.239. The zero-order valence-corrected chi connectivity index (χ0v) is 9.71. The van der Waals surface area contributed by atoms with Crippen molar-refractivity contribution in [2.45, 2.75) is 24.9 Å². The predicted molar refractivity (Wildman–Crippen MR) is 56.7 cm³/mol. The molecule has 0 aromatic carbocycles. The normalized spacial score (nSPS) is 12.0. The number of nitrogens with two attached hydrogens (primary N) is 2. The fourth-order valence-corrected chi connectivity index (χ4v) is 4.08. The van der Waals surface area contributed by atoms with Crippen LogP contribution in [0.3, 0.4) is 0 Å². The van der Waals surface area contributed by atoms with Gasteiger partial charge < -0.3 is 20.3 Å². The van der Waals surface area contributed by atoms with Crippen molar-refractivity contribution in [3.8, 4) is 0 Å². The minimum Gasteiger partial charge on any atom is -0.398 e. The molecule has 0 spiro atoms. The third-order valence-electron chi connectivity index (χ3n) is 2.27. The molecule has 0 rings (SSSR count). The molecule has 13 heavy (non-hydrogen) atoms. The molecule has 0 aliphatic carbocycles. The molecule has 0 bridgehead atoms. The Morgan fingerprint density at radius 1 is 0.923 bits per heavy atom. The average molecular weight is 206 g/mol. The van der Waals surface area contributed by atoms with E-state index < -0.39 is 8.56 Å². The molecule has 0 aromatic heterocycles. The second-order valence-electron chi connectivity index (χ2n) is 3.10. The lowest BCUT2D eigenvalue weighted by Gasteiger charge is -2.27. The van der Waals surface area contributed by atoms with Gasteiger partial charge in [-0.25, -0.2) is 0 Å². The van der Waals surface area contributed by atoms with Crippen LogP contribution in [0.25, 0.3) is 0 Å². The minimum absolute atomic E-state index is 0.699. The molecule has 4 N–H and O–H groups in total. The molecule has 0 saturated carbocycles. The van der Waals surface area contributed by atoms with Gasteiger partial charge in [0.15, 0.2) is 0 Å². The molecule has 0 aliphatic rings. The average Bonchev–Trinajstić information content (AvgIpc) is 2.20. The summed E-state index contributed by atoms with van der Waals surface area (Å²) in [6.07, 6.45) is 1.94. The highest BCUT2D eigenvalue weighted by Crippen LogP contribution is 2.20. The zero-order valence-electron chi connectivity index (χ0n) is 8.71. The molecule has 0 heterocycles. The number of hydrogen-bond donors (Lipinski definition) is 2. The van der Waals surface area contributed by atoms with Crippen LogP contribution in [0.4, 0.5) is 0 Å². The standard InChI is InChI=1S/C8H22N2O2Si/c1-11-13(12-2,7-3-5-9)8-4-6-10/h3-10H2,1-2H3. The van der Waals surface area contributed by atoms with E-state index in [9.17, 15) is 0 Å². The Hall–Kier alpha value is 0.0569. The van der Waals surface area contributed by atoms with Gasteiger partial charge in [-0.3, -0.25) is 0 Å². The van der Waals surface area contributed by atoms with Gasteiger partial charge in [0.1, 0.15) is 0 Å². The Kier molecular flexibility index (Phi) is 7.49. The van der Waals surface area contributed by atoms with Crippen molar-refractivity contribution >= 4 is 8.56 Å². The van der Waals surface area contributed by atoms with E-state index in [1.165, 1.54) is 0 Å². The van der Waals surface area contributed by atoms with Gasteiger partial charge in [0.25, 0.3) is 0 Å². The highest BCUT2D eigenvalue weighted by Gasteiger charge is 2.33. The summed E-state index contributed by atoms with van der Waals surface area (Å²) >= 11 is 0. The molecule has 0 aromatic rings. The van der Waals surface area contributed by atoms with E-state index in [4.69, 9.17) is 20.3 Å². The van der Waals surface area contributed by atoms with Crippen molar-refractivity contribution in [2.24, 2.45) is 11.5 Å². The Morgan fingerprint density at radius 3 is 1.54 bits per heavy atom. The first-order valence-electron chi connectivity index (χ1n) is 4.75. The summed E-state index contributed by atoms with van der Waals surface area (Å²) in [7, 11) is 1.50. The van der Waals surface area contributed by atoms with Gasteiger partial charge in [0, 0.05) is 14.2 Å². The van der Waals surface area contributed by atoms with E-state index in [1.54, 1.807) is 14.2 Å². The first-order valence-corrected chi connectivity index (χ1v) is 6.98. The highest BCUT2D eigenvalue weighted by molar-refractivity contribution is 6.67. The topological polar surface area (TPSA) is 70.5 Å². The van der Waals surface area contributed by atoms with Gasteiger partial charge in [-0.15, -0.1) is 0 Å². The van der Waals surface area contributed by atoms with Crippen LogP contribution in [0.15, 0.2) is 0 Å². The summed E-state index contributed by atoms with van der Waals surface area (Å²) in [6, 6.07) is 1.94. The van der Waals surface area contributed by atoms with E-state index in [-0.39, 0.29) is 0 Å². The summed E-state index contributed by atoms with van der Waals surface area (Å²) in [6.45, 7) is 1.40. The highest BCUT2D eigenvalue weighted by atomic mass is 28.4. The minimum atomic E-state index is -1.95. The zero-order chi connectivity index (χ0) is 10.2. The van der Waals surface area contributed by atoms with Crippen LogP contribution in [0.5, 0.6) is 0 Å². The summed E-state index contributed by atoms with van der Waals surface area (Å²) in [5.41, 5.74) is 10.9. The molecule has 0 unspecified atom stereocenters. The van der Waals surface area contributed by atoms with Crippen LogP contribution in [0.2, 0.25) is 12.1 Å². The Bertz CT molecular complexity index is 111. The van der Waals surface area contributed by atoms with Crippen molar-refractivity contribution < 1.29 is 8.85 Å². The molecule has 0 fully saturated rings. The third kappa shape index (κ3) is 4.73. The van der Waals surface area contributed by atoms with Crippen molar-refractivity contribution in [1.82, 2.24) is 0 Å². The fraction of sp³-hybridized carbons (Fsp3) is 1.00. The Balaban J connectivity index is 3.97. The molecule has 80 valence electrons. The molecule has 0 radical (unpaired) electrons. The van der Waals surface area contributed by atoms with Gasteiger partial charge in [-0.2, -0.15) is 0 Å². The maximum Gasteiger partial charge on any atom is 0.337 e. The monoisotopic (exact) mass is 206 g/mol. The van der Waals surface area contributed by atoms with Crippen LogP contribution >= 0.6 is 0 Å². The molecule has 0 saturated heterocycles. The van der Waals surface area contributed by atoms with Gasteiger partial charge in [0.05, 0.1) is 0 Å². The molecule has 0 atom stereocenters. The number of rotatable bonds is 8. The van der Waals surface area contributed by atoms with E-state index in [0.717, 1.165) is 24.9 Å². The Morgan fingerprint density at radius 2 is 1.31 bits per heavy atom. The first-order chi connectivity index (χ1) is 6.24. The summed E-state index contributed by atoms with van der Waals surface area (Å²) in [4.78, 5) is 0. The third-order valence-corrected chi connectivity index (χ3v) is 5.99. The SMILES string of the molecule is CO[Si](CCCN)(CCCN)OC. The molecule has 0 amide bonds. The quantitative estimate of drug-likeness (QED) is 0.565. The van der Waals surface area contributed by atoms with Crippen LogP contribution in [0, 0.1) is 0 Å². The van der Waals surface area contributed by atoms with Crippen molar-refractivity contribution in [2.75, 3.05) is 27.3 Å². The van der Waals surface area contributed by atoms with Crippen LogP contribution in [-0.2, 0) is 8.85 Å². The fourth-order valence-electron chi connectivity index (χ4n) is 1.36.